The van der Waals surface area contributed by atoms with E-state index < -0.39 is 96.4 Å². The summed E-state index contributed by atoms with van der Waals surface area (Å²) in [7, 11) is 0. The van der Waals surface area contributed by atoms with Gasteiger partial charge < -0.3 is 59.0 Å². The summed E-state index contributed by atoms with van der Waals surface area (Å²) in [6.45, 7) is 22.9. The molecule has 4 aliphatic carbocycles. The molecule has 4 heterocycles. The molecule has 104 heavy (non-hydrogen) atoms. The summed E-state index contributed by atoms with van der Waals surface area (Å²) >= 11 is 0. The predicted octanol–water partition coefficient (Wildman–Crippen LogP) is 7.76. The molecule has 28 heteroatoms. The van der Waals surface area contributed by atoms with Crippen LogP contribution in [0.4, 0.5) is 0 Å². The Morgan fingerprint density at radius 2 is 0.481 bits per heavy atom. The third-order valence-electron chi connectivity index (χ3n) is 22.4. The summed E-state index contributed by atoms with van der Waals surface area (Å²) in [6, 6.07) is -7.70. The average Bonchev–Trinajstić information content (AvgIpc) is 1.65. The lowest BCUT2D eigenvalue weighted by Gasteiger charge is -2.35. The van der Waals surface area contributed by atoms with E-state index in [-0.39, 0.29) is 95.3 Å². The van der Waals surface area contributed by atoms with Crippen LogP contribution in [0.1, 0.15) is 263 Å². The van der Waals surface area contributed by atoms with Gasteiger partial charge in [-0.15, -0.1) is 0 Å². The number of amides is 4. The van der Waals surface area contributed by atoms with Gasteiger partial charge in [0.25, 0.3) is 0 Å². The lowest BCUT2D eigenvalue weighted by Crippen LogP contribution is -2.55. The second kappa shape index (κ2) is 43.9. The Hall–Kier alpha value is -6.52. The number of carbonyl (C=O) groups is 12. The van der Waals surface area contributed by atoms with Crippen LogP contribution in [-0.2, 0) is 76.5 Å². The molecule has 0 aromatic heterocycles. The molecule has 0 aromatic carbocycles. The van der Waals surface area contributed by atoms with Crippen molar-refractivity contribution in [3.05, 3.63) is 0 Å². The normalized spacial score (nSPS) is 27.5. The Labute approximate surface area is 616 Å². The minimum Gasteiger partial charge on any atom is -0.480 e. The van der Waals surface area contributed by atoms with Crippen molar-refractivity contribution in [2.75, 3.05) is 26.4 Å². The number of hydrogen-bond donors (Lipinski definition) is 8. The lowest BCUT2D eigenvalue weighted by atomic mass is 9.84. The Morgan fingerprint density at radius 3 is 0.635 bits per heavy atom. The molecule has 8 rings (SSSR count). The van der Waals surface area contributed by atoms with Gasteiger partial charge in [0, 0.05) is 24.2 Å². The first-order valence-corrected chi connectivity index (χ1v) is 39.5. The van der Waals surface area contributed by atoms with Crippen LogP contribution >= 0.6 is 0 Å². The Bertz CT molecular complexity index is 2460. The van der Waals surface area contributed by atoms with Crippen molar-refractivity contribution in [2.24, 2.45) is 23.7 Å². The molecule has 4 saturated heterocycles. The largest absolute Gasteiger partial charge is 0.480 e. The Balaban J connectivity index is 0.000000249. The van der Waals surface area contributed by atoms with Gasteiger partial charge in [-0.1, -0.05) is 105 Å². The molecule has 0 unspecified atom stereocenters. The highest BCUT2D eigenvalue weighted by Gasteiger charge is 2.53. The van der Waals surface area contributed by atoms with Crippen molar-refractivity contribution in [3.8, 4) is 0 Å². The van der Waals surface area contributed by atoms with E-state index in [1.54, 1.807) is 75.0 Å². The molecule has 4 amide bonds. The number of nitrogens with one attached hydrogen (secondary N) is 4. The van der Waals surface area contributed by atoms with Gasteiger partial charge in [-0.25, -0.2) is 19.2 Å². The quantitative estimate of drug-likeness (QED) is 0.0235. The van der Waals surface area contributed by atoms with E-state index in [0.717, 1.165) is 128 Å². The zero-order valence-corrected chi connectivity index (χ0v) is 64.3. The highest BCUT2D eigenvalue weighted by molar-refractivity contribution is 5.91. The maximum absolute atomic E-state index is 13.1. The molecule has 4 saturated carbocycles. The minimum absolute atomic E-state index is 0.00817. The molecule has 0 radical (unpaired) electrons. The second-order valence-electron chi connectivity index (χ2n) is 29.7. The van der Waals surface area contributed by atoms with Gasteiger partial charge in [0.15, 0.2) is 0 Å². The van der Waals surface area contributed by atoms with E-state index in [4.69, 9.17) is 18.9 Å². The van der Waals surface area contributed by atoms with Gasteiger partial charge in [0.2, 0.25) is 23.6 Å². The average molecular weight is 1470 g/mol. The first-order chi connectivity index (χ1) is 49.6. The molecule has 4 aliphatic heterocycles. The van der Waals surface area contributed by atoms with Gasteiger partial charge in [-0.2, -0.15) is 0 Å². The molecule has 0 aromatic rings. The van der Waals surface area contributed by atoms with Crippen molar-refractivity contribution >= 4 is 71.4 Å². The fourth-order valence-corrected chi connectivity index (χ4v) is 17.6. The van der Waals surface area contributed by atoms with Crippen LogP contribution in [0.2, 0.25) is 0 Å². The second-order valence-corrected chi connectivity index (χ2v) is 29.7. The van der Waals surface area contributed by atoms with Crippen LogP contribution in [0.15, 0.2) is 0 Å². The number of nitrogens with zero attached hydrogens (tertiary/aromatic N) is 4. The van der Waals surface area contributed by atoms with Crippen LogP contribution in [0, 0.1) is 23.7 Å². The molecular weight excluding hydrogens is 1340 g/mol. The summed E-state index contributed by atoms with van der Waals surface area (Å²) in [5.74, 6) is -4.98. The van der Waals surface area contributed by atoms with E-state index in [0.29, 0.717) is 77.8 Å². The maximum atomic E-state index is 13.1. The predicted molar refractivity (Wildman–Crippen MR) is 386 cm³/mol. The smallest absolute Gasteiger partial charge is 0.326 e. The monoisotopic (exact) mass is 1470 g/mol. The molecule has 8 aliphatic rings. The lowest BCUT2D eigenvalue weighted by molar-refractivity contribution is -0.152. The van der Waals surface area contributed by atoms with Crippen LogP contribution in [0.3, 0.4) is 0 Å². The third-order valence-corrected chi connectivity index (χ3v) is 22.4. The first kappa shape index (κ1) is 88.1. The summed E-state index contributed by atoms with van der Waals surface area (Å²) in [6.07, 6.45) is 23.5. The highest BCUT2D eigenvalue weighted by Crippen LogP contribution is 2.44. The van der Waals surface area contributed by atoms with Gasteiger partial charge in [-0.05, 0) is 182 Å². The highest BCUT2D eigenvalue weighted by atomic mass is 16.5. The molecule has 592 valence electrons. The summed E-state index contributed by atoms with van der Waals surface area (Å²) in [5, 5.41) is 50.7. The maximum Gasteiger partial charge on any atom is 0.326 e. The topological polar surface area (TPSA) is 384 Å². The zero-order chi connectivity index (χ0) is 77.1. The minimum atomic E-state index is -0.935. The van der Waals surface area contributed by atoms with Crippen LogP contribution in [-0.4, -0.2) is 235 Å². The van der Waals surface area contributed by atoms with Crippen LogP contribution in [0.5, 0.6) is 0 Å². The number of hydrogen-bond acceptors (Lipinski definition) is 20. The number of esters is 4. The molecule has 0 bridgehead atoms. The van der Waals surface area contributed by atoms with E-state index in [1.165, 1.54) is 0 Å². The third kappa shape index (κ3) is 23.7. The van der Waals surface area contributed by atoms with Crippen LogP contribution < -0.4 is 21.3 Å². The van der Waals surface area contributed by atoms with Gasteiger partial charge in [0.05, 0.1) is 50.6 Å². The van der Waals surface area contributed by atoms with E-state index in [2.05, 4.69) is 21.3 Å². The number of carboxylic acids is 4. The van der Waals surface area contributed by atoms with E-state index >= 15 is 0 Å². The molecule has 8 N–H and O–H groups in total. The number of carbonyl (C=O) groups excluding carboxylic acids is 8. The Kier molecular flexibility index (Phi) is 37.2. The van der Waals surface area contributed by atoms with Gasteiger partial charge in [-0.3, -0.25) is 59.6 Å². The molecular formula is C76H128N8O20. The SMILES string of the molecule is CCC[C@H](N[C@@H](C)C(=O)N1[C@H](C(=O)O)C[C@@H]2CCCC[C@@H]21)C(=O)OCC.CCC[C@H](N[C@@H](C)C(=O)N1[C@H](C(=O)O)C[C@@H]2CCCC[C@@H]21)C(=O)OCC.CCC[C@H](N[C@@H](C)C(=O)N1[C@H](C(=O)O)C[C@@H]2CCCC[C@@H]21)C(=O)OCC.CCC[C@H](N[C@@H](C)C(=O)N1[C@H](C(=O)O)C[C@@H]2CCCC[C@@H]21)C(=O)OCC. The fraction of sp³-hybridized carbons (Fsp3) is 0.842. The van der Waals surface area contributed by atoms with Crippen LogP contribution in [0.25, 0.3) is 0 Å². The van der Waals surface area contributed by atoms with Crippen molar-refractivity contribution in [2.45, 2.75) is 360 Å². The number of carboxylic acid groups (broad SMARTS) is 4. The number of likely N-dealkylation sites (tertiary alicyclic amines) is 4. The number of ether oxygens (including phenoxy) is 4. The molecule has 8 fully saturated rings. The van der Waals surface area contributed by atoms with Gasteiger partial charge >= 0.3 is 47.8 Å². The fourth-order valence-electron chi connectivity index (χ4n) is 17.6. The van der Waals surface area contributed by atoms with Crippen molar-refractivity contribution in [1.29, 1.82) is 0 Å². The van der Waals surface area contributed by atoms with Gasteiger partial charge in [0.1, 0.15) is 48.3 Å². The standard InChI is InChI=1S/4C19H32N2O5/c4*1-4-8-14(19(25)26-5-2)20-12(3)17(22)21-15-10-7-6-9-13(15)11-16(21)18(23)24/h4*12-16,20H,4-11H2,1-3H3,(H,23,24)/t4*12-,13-,14-,15-,16-/m0000/s1. The van der Waals surface area contributed by atoms with E-state index in [9.17, 15) is 78.0 Å². The number of rotatable bonds is 32. The van der Waals surface area contributed by atoms with E-state index in [1.807, 2.05) is 27.7 Å². The zero-order valence-electron chi connectivity index (χ0n) is 64.3. The summed E-state index contributed by atoms with van der Waals surface area (Å²) in [4.78, 5) is 154. The molecule has 0 spiro atoms. The Morgan fingerprint density at radius 1 is 0.308 bits per heavy atom. The summed E-state index contributed by atoms with van der Waals surface area (Å²) < 4.78 is 20.3. The van der Waals surface area contributed by atoms with Crippen molar-refractivity contribution < 1.29 is 96.9 Å². The van der Waals surface area contributed by atoms with Crippen molar-refractivity contribution in [3.63, 3.8) is 0 Å². The summed E-state index contributed by atoms with van der Waals surface area (Å²) in [5.41, 5.74) is 0. The molecule has 28 nitrogen and oxygen atoms in total. The number of fused-ring (bicyclic) bond motifs is 4. The van der Waals surface area contributed by atoms with Crippen molar-refractivity contribution in [1.82, 2.24) is 40.9 Å². The number of aliphatic carboxylic acids is 4. The first-order valence-electron chi connectivity index (χ1n) is 39.5. The molecule has 20 atom stereocenters.